The third kappa shape index (κ3) is 47.2. The number of carbonyl (C=O) groups is 3. The highest BCUT2D eigenvalue weighted by Gasteiger charge is 2.19. The van der Waals surface area contributed by atoms with E-state index in [9.17, 15) is 14.4 Å². The smallest absolute Gasteiger partial charge is 0.306 e. The van der Waals surface area contributed by atoms with Crippen LogP contribution in [0.5, 0.6) is 0 Å². The number of carbonyl (C=O) groups excluding carboxylic acids is 3. The normalized spacial score (nSPS) is 12.0. The molecule has 0 aliphatic carbocycles. The Labute approximate surface area is 373 Å². The van der Waals surface area contributed by atoms with E-state index >= 15 is 0 Å². The second-order valence-corrected chi connectivity index (χ2v) is 18.2. The Bertz CT molecular complexity index is 931. The average Bonchev–Trinajstić information content (AvgIpc) is 3.24. The molecule has 0 fully saturated rings. The SMILES string of the molecule is CCCCCC/C=C\CCCCCCCCCC(=O)OCC(COC(=O)CCCCCCCCCCCCCC)OC(=O)CCCCCCCCCCCCCCCCC. The van der Waals surface area contributed by atoms with Crippen molar-refractivity contribution < 1.29 is 28.6 Å². The summed E-state index contributed by atoms with van der Waals surface area (Å²) >= 11 is 0. The van der Waals surface area contributed by atoms with Crippen molar-refractivity contribution in [2.24, 2.45) is 0 Å². The van der Waals surface area contributed by atoms with Crippen molar-refractivity contribution in [3.05, 3.63) is 12.2 Å². The molecule has 0 radical (unpaired) electrons. The molecule has 354 valence electrons. The number of hydrogen-bond acceptors (Lipinski definition) is 6. The predicted molar refractivity (Wildman–Crippen MR) is 256 cm³/mol. The van der Waals surface area contributed by atoms with Crippen LogP contribution in [0.4, 0.5) is 0 Å². The van der Waals surface area contributed by atoms with E-state index in [1.54, 1.807) is 0 Å². The minimum Gasteiger partial charge on any atom is -0.462 e. The van der Waals surface area contributed by atoms with Crippen molar-refractivity contribution in [3.8, 4) is 0 Å². The number of esters is 3. The van der Waals surface area contributed by atoms with Gasteiger partial charge in [-0.15, -0.1) is 0 Å². The van der Waals surface area contributed by atoms with Crippen LogP contribution < -0.4 is 0 Å². The summed E-state index contributed by atoms with van der Waals surface area (Å²) in [6.07, 6.45) is 54.7. The van der Waals surface area contributed by atoms with Crippen LogP contribution in [0.3, 0.4) is 0 Å². The molecule has 0 rings (SSSR count). The Balaban J connectivity index is 4.32. The van der Waals surface area contributed by atoms with Crippen LogP contribution in [0, 0.1) is 0 Å². The third-order valence-electron chi connectivity index (χ3n) is 12.0. The lowest BCUT2D eigenvalue weighted by Gasteiger charge is -2.18. The van der Waals surface area contributed by atoms with Crippen LogP contribution >= 0.6 is 0 Å². The maximum absolute atomic E-state index is 12.8. The average molecular weight is 847 g/mol. The van der Waals surface area contributed by atoms with Gasteiger partial charge in [0.15, 0.2) is 6.10 Å². The lowest BCUT2D eigenvalue weighted by Crippen LogP contribution is -2.30. The molecule has 0 aromatic rings. The quantitative estimate of drug-likeness (QED) is 0.0263. The highest BCUT2D eigenvalue weighted by atomic mass is 16.6. The molecule has 0 saturated heterocycles. The Morgan fingerprint density at radius 1 is 0.317 bits per heavy atom. The fourth-order valence-electron chi connectivity index (χ4n) is 7.97. The summed E-state index contributed by atoms with van der Waals surface area (Å²) in [5.74, 6) is -0.852. The van der Waals surface area contributed by atoms with Gasteiger partial charge in [0.25, 0.3) is 0 Å². The minimum atomic E-state index is -0.764. The van der Waals surface area contributed by atoms with Gasteiger partial charge in [-0.1, -0.05) is 245 Å². The molecule has 6 heteroatoms. The second kappa shape index (κ2) is 49.8. The third-order valence-corrected chi connectivity index (χ3v) is 12.0. The molecular weight excluding hydrogens is 745 g/mol. The Morgan fingerprint density at radius 2 is 0.550 bits per heavy atom. The number of hydrogen-bond donors (Lipinski definition) is 0. The highest BCUT2D eigenvalue weighted by Crippen LogP contribution is 2.16. The van der Waals surface area contributed by atoms with Gasteiger partial charge in [0.05, 0.1) is 0 Å². The number of unbranched alkanes of at least 4 members (excludes halogenated alkanes) is 36. The molecule has 0 N–H and O–H groups in total. The summed E-state index contributed by atoms with van der Waals surface area (Å²) in [6, 6.07) is 0. The zero-order valence-corrected chi connectivity index (χ0v) is 40.5. The molecule has 0 heterocycles. The molecule has 0 bridgehead atoms. The van der Waals surface area contributed by atoms with Gasteiger partial charge in [-0.2, -0.15) is 0 Å². The summed E-state index contributed by atoms with van der Waals surface area (Å²) < 4.78 is 16.8. The molecule has 0 aliphatic rings. The van der Waals surface area contributed by atoms with E-state index in [4.69, 9.17) is 14.2 Å². The van der Waals surface area contributed by atoms with Gasteiger partial charge in [-0.3, -0.25) is 14.4 Å². The standard InChI is InChI=1S/C54H102O6/c1-4-7-10-13-16-19-22-25-27-29-32-35-38-41-44-47-53(56)59-50-51(49-58-52(55)46-43-40-37-34-31-24-21-18-15-12-9-6-3)60-54(57)48-45-42-39-36-33-30-28-26-23-20-17-14-11-8-5-2/h19,22,51H,4-18,20-21,23-50H2,1-3H3/b22-19-. The van der Waals surface area contributed by atoms with E-state index in [0.717, 1.165) is 57.8 Å². The van der Waals surface area contributed by atoms with Gasteiger partial charge in [-0.05, 0) is 44.9 Å². The first-order valence-electron chi connectivity index (χ1n) is 26.7. The van der Waals surface area contributed by atoms with Crippen LogP contribution in [-0.2, 0) is 28.6 Å². The van der Waals surface area contributed by atoms with Crippen molar-refractivity contribution in [2.45, 2.75) is 303 Å². The van der Waals surface area contributed by atoms with Gasteiger partial charge in [-0.25, -0.2) is 0 Å². The zero-order chi connectivity index (χ0) is 43.7. The molecule has 1 unspecified atom stereocenters. The summed E-state index contributed by atoms with van der Waals surface area (Å²) in [5.41, 5.74) is 0. The maximum atomic E-state index is 12.8. The first-order chi connectivity index (χ1) is 29.5. The van der Waals surface area contributed by atoms with E-state index in [-0.39, 0.29) is 31.1 Å². The molecule has 0 amide bonds. The molecule has 0 saturated carbocycles. The topological polar surface area (TPSA) is 78.9 Å². The lowest BCUT2D eigenvalue weighted by molar-refractivity contribution is -0.167. The minimum absolute atomic E-state index is 0.0658. The van der Waals surface area contributed by atoms with Crippen LogP contribution in [0.1, 0.15) is 297 Å². The van der Waals surface area contributed by atoms with Gasteiger partial charge >= 0.3 is 17.9 Å². The fraction of sp³-hybridized carbons (Fsp3) is 0.907. The first kappa shape index (κ1) is 58.1. The van der Waals surface area contributed by atoms with Crippen molar-refractivity contribution in [1.29, 1.82) is 0 Å². The van der Waals surface area contributed by atoms with Gasteiger partial charge < -0.3 is 14.2 Å². The lowest BCUT2D eigenvalue weighted by atomic mass is 10.0. The molecule has 0 aromatic carbocycles. The summed E-state index contributed by atoms with van der Waals surface area (Å²) in [4.78, 5) is 38.0. The second-order valence-electron chi connectivity index (χ2n) is 18.2. The van der Waals surface area contributed by atoms with Crippen molar-refractivity contribution in [1.82, 2.24) is 0 Å². The predicted octanol–water partition coefficient (Wildman–Crippen LogP) is 17.4. The first-order valence-corrected chi connectivity index (χ1v) is 26.7. The number of allylic oxidation sites excluding steroid dienone is 2. The molecule has 60 heavy (non-hydrogen) atoms. The highest BCUT2D eigenvalue weighted by molar-refractivity contribution is 5.71. The van der Waals surface area contributed by atoms with E-state index in [1.165, 1.54) is 199 Å². The molecule has 0 spiro atoms. The fourth-order valence-corrected chi connectivity index (χ4v) is 7.97. The summed E-state index contributed by atoms with van der Waals surface area (Å²) in [7, 11) is 0. The van der Waals surface area contributed by atoms with Crippen molar-refractivity contribution in [2.75, 3.05) is 13.2 Å². The summed E-state index contributed by atoms with van der Waals surface area (Å²) in [5, 5.41) is 0. The van der Waals surface area contributed by atoms with Crippen LogP contribution in [0.25, 0.3) is 0 Å². The zero-order valence-electron chi connectivity index (χ0n) is 40.5. The molecule has 0 aliphatic heterocycles. The van der Waals surface area contributed by atoms with E-state index in [2.05, 4.69) is 32.9 Å². The van der Waals surface area contributed by atoms with Crippen molar-refractivity contribution >= 4 is 17.9 Å². The molecule has 6 nitrogen and oxygen atoms in total. The van der Waals surface area contributed by atoms with Crippen LogP contribution in [-0.4, -0.2) is 37.2 Å². The largest absolute Gasteiger partial charge is 0.462 e. The molecule has 0 aromatic heterocycles. The Kier molecular flexibility index (Phi) is 48.3. The van der Waals surface area contributed by atoms with Gasteiger partial charge in [0.2, 0.25) is 0 Å². The van der Waals surface area contributed by atoms with Crippen LogP contribution in [0.2, 0.25) is 0 Å². The Morgan fingerprint density at radius 3 is 0.850 bits per heavy atom. The maximum Gasteiger partial charge on any atom is 0.306 e. The molecule has 1 atom stereocenters. The number of rotatable bonds is 49. The van der Waals surface area contributed by atoms with E-state index in [1.807, 2.05) is 0 Å². The van der Waals surface area contributed by atoms with Gasteiger partial charge in [0.1, 0.15) is 13.2 Å². The Hall–Kier alpha value is -1.85. The van der Waals surface area contributed by atoms with Crippen molar-refractivity contribution in [3.63, 3.8) is 0 Å². The monoisotopic (exact) mass is 847 g/mol. The van der Waals surface area contributed by atoms with Crippen LogP contribution in [0.15, 0.2) is 12.2 Å². The van der Waals surface area contributed by atoms with E-state index in [0.29, 0.717) is 19.3 Å². The molecular formula is C54H102O6. The van der Waals surface area contributed by atoms with E-state index < -0.39 is 6.10 Å². The number of ether oxygens (including phenoxy) is 3. The van der Waals surface area contributed by atoms with Gasteiger partial charge in [0, 0.05) is 19.3 Å². The summed E-state index contributed by atoms with van der Waals surface area (Å²) in [6.45, 7) is 6.66.